The van der Waals surface area contributed by atoms with Crippen LogP contribution < -0.4 is 10.1 Å². The molecule has 32 heavy (non-hydrogen) atoms. The highest BCUT2D eigenvalue weighted by atomic mass is 16.6. The van der Waals surface area contributed by atoms with Crippen LogP contribution in [0.25, 0.3) is 5.57 Å². The minimum absolute atomic E-state index is 0.237. The summed E-state index contributed by atoms with van der Waals surface area (Å²) < 4.78 is 16.4. The van der Waals surface area contributed by atoms with E-state index < -0.39 is 6.09 Å². The van der Waals surface area contributed by atoms with Crippen molar-refractivity contribution in [1.82, 2.24) is 10.2 Å². The number of benzene rings is 1. The predicted molar refractivity (Wildman–Crippen MR) is 134 cm³/mol. The van der Waals surface area contributed by atoms with Gasteiger partial charge < -0.3 is 19.1 Å². The second-order valence-corrected chi connectivity index (χ2v) is 7.39. The Kier molecular flexibility index (Phi) is 17.0. The number of amides is 1. The molecule has 6 nitrogen and oxygen atoms in total. The van der Waals surface area contributed by atoms with Crippen LogP contribution in [0.5, 0.6) is 5.75 Å². The molecule has 182 valence electrons. The third-order valence-electron chi connectivity index (χ3n) is 4.47. The van der Waals surface area contributed by atoms with Gasteiger partial charge in [-0.05, 0) is 71.0 Å². The van der Waals surface area contributed by atoms with E-state index >= 15 is 0 Å². The molecule has 0 aliphatic carbocycles. The van der Waals surface area contributed by atoms with E-state index in [1.165, 1.54) is 11.1 Å². The zero-order valence-corrected chi connectivity index (χ0v) is 21.4. The average molecular weight is 449 g/mol. The molecule has 1 amide bonds. The Morgan fingerprint density at radius 3 is 2.50 bits per heavy atom. The first-order valence-electron chi connectivity index (χ1n) is 11.6. The first-order valence-corrected chi connectivity index (χ1v) is 11.6. The van der Waals surface area contributed by atoms with Gasteiger partial charge in [-0.1, -0.05) is 39.0 Å². The third-order valence-corrected chi connectivity index (χ3v) is 4.47. The van der Waals surface area contributed by atoms with Crippen LogP contribution in [0.1, 0.15) is 58.6 Å². The van der Waals surface area contributed by atoms with Crippen LogP contribution in [0.4, 0.5) is 4.79 Å². The average Bonchev–Trinajstić information content (AvgIpc) is 2.76. The summed E-state index contributed by atoms with van der Waals surface area (Å²) in [7, 11) is 4.15. The van der Waals surface area contributed by atoms with Crippen LogP contribution in [0.15, 0.2) is 36.0 Å². The summed E-state index contributed by atoms with van der Waals surface area (Å²) >= 11 is 0. The van der Waals surface area contributed by atoms with Gasteiger partial charge in [-0.3, -0.25) is 5.32 Å². The quantitative estimate of drug-likeness (QED) is 0.386. The van der Waals surface area contributed by atoms with Crippen molar-refractivity contribution < 1.29 is 19.0 Å². The number of ether oxygens (including phenoxy) is 3. The van der Waals surface area contributed by atoms with Crippen molar-refractivity contribution >= 4 is 11.7 Å². The summed E-state index contributed by atoms with van der Waals surface area (Å²) in [4.78, 5) is 14.0. The lowest BCUT2D eigenvalue weighted by atomic mass is 9.96. The van der Waals surface area contributed by atoms with Crippen molar-refractivity contribution in [2.75, 3.05) is 47.1 Å². The summed E-state index contributed by atoms with van der Waals surface area (Å²) in [5.74, 6) is 0.849. The van der Waals surface area contributed by atoms with E-state index in [4.69, 9.17) is 14.2 Å². The Bertz CT molecular complexity index is 712. The predicted octanol–water partition coefficient (Wildman–Crippen LogP) is 5.81. The summed E-state index contributed by atoms with van der Waals surface area (Å²) in [5.41, 5.74) is 4.28. The van der Waals surface area contributed by atoms with Crippen LogP contribution in [0.2, 0.25) is 0 Å². The fourth-order valence-electron chi connectivity index (χ4n) is 2.87. The van der Waals surface area contributed by atoms with Crippen LogP contribution >= 0.6 is 0 Å². The van der Waals surface area contributed by atoms with E-state index in [9.17, 15) is 4.79 Å². The lowest BCUT2D eigenvalue weighted by Crippen LogP contribution is -2.24. The molecule has 0 saturated heterocycles. The lowest BCUT2D eigenvalue weighted by molar-refractivity contribution is 0.0741. The Morgan fingerprint density at radius 1 is 1.16 bits per heavy atom. The molecule has 0 spiro atoms. The molecule has 1 rings (SSSR count). The van der Waals surface area contributed by atoms with Crippen molar-refractivity contribution in [3.63, 3.8) is 0 Å². The number of carbonyl (C=O) groups excluding carboxylic acids is 1. The minimum Gasteiger partial charge on any atom is -0.489 e. The van der Waals surface area contributed by atoms with Gasteiger partial charge in [0.2, 0.25) is 0 Å². The number of allylic oxidation sites excluding steroid dienone is 2. The highest BCUT2D eigenvalue weighted by Crippen LogP contribution is 2.31. The number of aryl methyl sites for hydroxylation is 1. The first kappa shape index (κ1) is 29.7. The summed E-state index contributed by atoms with van der Waals surface area (Å²) in [6.07, 6.45) is 5.40. The maximum absolute atomic E-state index is 11.8. The molecule has 0 aliphatic rings. The number of hydrogen-bond acceptors (Lipinski definition) is 5. The molecule has 1 aromatic rings. The van der Waals surface area contributed by atoms with E-state index in [1.807, 2.05) is 45.9 Å². The number of nitrogens with one attached hydrogen (secondary N) is 1. The van der Waals surface area contributed by atoms with E-state index in [-0.39, 0.29) is 6.61 Å². The van der Waals surface area contributed by atoms with Gasteiger partial charge >= 0.3 is 6.09 Å². The highest BCUT2D eigenvalue weighted by Gasteiger charge is 2.12. The molecule has 0 saturated carbocycles. The first-order chi connectivity index (χ1) is 15.4. The number of alkyl carbamates (subject to hydrolysis) is 1. The van der Waals surface area contributed by atoms with Gasteiger partial charge in [-0.2, -0.15) is 0 Å². The Morgan fingerprint density at radius 2 is 1.88 bits per heavy atom. The van der Waals surface area contributed by atoms with Crippen LogP contribution in [-0.4, -0.2) is 58.1 Å². The molecule has 0 aromatic heterocycles. The van der Waals surface area contributed by atoms with Crippen molar-refractivity contribution in [1.29, 1.82) is 0 Å². The molecule has 0 atom stereocenters. The second-order valence-electron chi connectivity index (χ2n) is 7.39. The smallest absolute Gasteiger partial charge is 0.411 e. The fraction of sp³-hybridized carbons (Fsp3) is 0.577. The maximum atomic E-state index is 11.8. The molecule has 0 heterocycles. The van der Waals surface area contributed by atoms with Crippen molar-refractivity contribution in [3.05, 3.63) is 47.2 Å². The largest absolute Gasteiger partial charge is 0.489 e. The summed E-state index contributed by atoms with van der Waals surface area (Å²) in [6, 6.07) is 6.09. The van der Waals surface area contributed by atoms with Gasteiger partial charge in [0.25, 0.3) is 0 Å². The molecule has 6 heteroatoms. The van der Waals surface area contributed by atoms with E-state index in [1.54, 1.807) is 0 Å². The van der Waals surface area contributed by atoms with Gasteiger partial charge in [0.1, 0.15) is 19.0 Å². The lowest BCUT2D eigenvalue weighted by Gasteiger charge is -2.18. The van der Waals surface area contributed by atoms with Crippen LogP contribution in [0.3, 0.4) is 0 Å². The Balaban J connectivity index is 0.00000466. The van der Waals surface area contributed by atoms with E-state index in [2.05, 4.69) is 50.3 Å². The zero-order valence-electron chi connectivity index (χ0n) is 21.4. The van der Waals surface area contributed by atoms with Gasteiger partial charge in [-0.25, -0.2) is 4.79 Å². The minimum atomic E-state index is -0.486. The number of hydrogen-bond donors (Lipinski definition) is 1. The molecule has 0 fully saturated rings. The van der Waals surface area contributed by atoms with E-state index in [0.29, 0.717) is 25.5 Å². The molecular formula is C26H44N2O4. The topological polar surface area (TPSA) is 60.0 Å². The monoisotopic (exact) mass is 448 g/mol. The molecule has 0 aliphatic heterocycles. The maximum Gasteiger partial charge on any atom is 0.411 e. The van der Waals surface area contributed by atoms with E-state index in [0.717, 1.165) is 30.7 Å². The number of carbonyl (C=O) groups is 1. The second kappa shape index (κ2) is 18.3. The Labute approximate surface area is 195 Å². The van der Waals surface area contributed by atoms with Crippen LogP contribution in [0, 0.1) is 6.92 Å². The van der Waals surface area contributed by atoms with Crippen LogP contribution in [-0.2, 0) is 9.47 Å². The van der Waals surface area contributed by atoms with Crippen molar-refractivity contribution in [2.24, 2.45) is 0 Å². The molecule has 1 aromatic carbocycles. The Hall–Kier alpha value is -2.31. The highest BCUT2D eigenvalue weighted by molar-refractivity contribution is 5.73. The fourth-order valence-corrected chi connectivity index (χ4v) is 2.87. The molecule has 0 bridgehead atoms. The molecule has 0 radical (unpaired) electrons. The number of rotatable bonds is 13. The SMILES string of the molecule is C/C=C(/CCN(C)C)c1c(C)cccc1OC/C=C(\C)NC(=O)OCCOCCC.CC. The van der Waals surface area contributed by atoms with Gasteiger partial charge in [0.15, 0.2) is 0 Å². The number of nitrogens with zero attached hydrogens (tertiary/aromatic N) is 1. The zero-order chi connectivity index (χ0) is 24.4. The van der Waals surface area contributed by atoms with Gasteiger partial charge in [0, 0.05) is 24.4 Å². The summed E-state index contributed by atoms with van der Waals surface area (Å²) in [6.45, 7) is 14.7. The molecule has 1 N–H and O–H groups in total. The standard InChI is InChI=1S/C24H38N2O4.C2H6/c1-7-15-28-17-18-30-24(27)25-20(4)13-16-29-22-11-9-10-19(3)23(22)21(8-2)12-14-26(5)6;1-2/h8-11,13H,7,12,14-18H2,1-6H3,(H,25,27);1-2H3/b20-13+,21-8-;. The van der Waals surface area contributed by atoms with Crippen molar-refractivity contribution in [2.45, 2.75) is 54.4 Å². The molecular weight excluding hydrogens is 404 g/mol. The third kappa shape index (κ3) is 12.5. The normalized spacial score (nSPS) is 11.7. The van der Waals surface area contributed by atoms with Gasteiger partial charge in [0.05, 0.1) is 6.61 Å². The molecule has 0 unspecified atom stereocenters. The summed E-state index contributed by atoms with van der Waals surface area (Å²) in [5, 5.41) is 2.70. The van der Waals surface area contributed by atoms with Gasteiger partial charge in [-0.15, -0.1) is 0 Å². The van der Waals surface area contributed by atoms with Crippen molar-refractivity contribution in [3.8, 4) is 5.75 Å².